The first-order valence-electron chi connectivity index (χ1n) is 6.25. The van der Waals surface area contributed by atoms with Crippen LogP contribution in [0.4, 0.5) is 0 Å². The molecule has 0 aromatic heterocycles. The highest BCUT2D eigenvalue weighted by Gasteiger charge is 2.22. The molecular weight excluding hydrogens is 204 g/mol. The molecule has 0 radical (unpaired) electrons. The topological polar surface area (TPSA) is 24.4 Å². The molecule has 1 fully saturated rings. The third-order valence-electron chi connectivity index (χ3n) is 3.45. The fourth-order valence-corrected chi connectivity index (χ4v) is 3.58. The van der Waals surface area contributed by atoms with E-state index in [4.69, 9.17) is 4.99 Å². The van der Waals surface area contributed by atoms with Gasteiger partial charge >= 0.3 is 0 Å². The van der Waals surface area contributed by atoms with Gasteiger partial charge in [-0.3, -0.25) is 4.99 Å². The quantitative estimate of drug-likeness (QED) is 0.782. The smallest absolute Gasteiger partial charge is 0.157 e. The Bertz CT molecular complexity index is 240. The van der Waals surface area contributed by atoms with E-state index >= 15 is 0 Å². The van der Waals surface area contributed by atoms with Gasteiger partial charge in [-0.1, -0.05) is 38.5 Å². The molecule has 1 heterocycles. The Morgan fingerprint density at radius 1 is 1.47 bits per heavy atom. The van der Waals surface area contributed by atoms with Crippen LogP contribution in [0.25, 0.3) is 0 Å². The molecule has 1 N–H and O–H groups in total. The highest BCUT2D eigenvalue weighted by Crippen LogP contribution is 2.25. The third kappa shape index (κ3) is 3.13. The molecule has 15 heavy (non-hydrogen) atoms. The van der Waals surface area contributed by atoms with Gasteiger partial charge < -0.3 is 5.32 Å². The van der Waals surface area contributed by atoms with Crippen LogP contribution in [0, 0.1) is 5.92 Å². The van der Waals surface area contributed by atoms with E-state index in [9.17, 15) is 0 Å². The standard InChI is InChI=1S/C12H22N2S/c1-3-10-8-15-12(13-10)14-11-6-4-5-9(2)7-11/h9-11H,3-8H2,1-2H3,(H,13,14). The average molecular weight is 226 g/mol. The Labute approximate surface area is 97.3 Å². The van der Waals surface area contributed by atoms with Crippen LogP contribution in [0.5, 0.6) is 0 Å². The minimum Gasteiger partial charge on any atom is -0.362 e. The van der Waals surface area contributed by atoms with E-state index in [0.717, 1.165) is 5.92 Å². The number of amidine groups is 1. The summed E-state index contributed by atoms with van der Waals surface area (Å²) in [7, 11) is 0. The molecule has 0 bridgehead atoms. The Morgan fingerprint density at radius 3 is 3.00 bits per heavy atom. The minimum absolute atomic E-state index is 0.568. The van der Waals surface area contributed by atoms with Gasteiger partial charge in [0.05, 0.1) is 6.04 Å². The second-order valence-electron chi connectivity index (χ2n) is 4.92. The fourth-order valence-electron chi connectivity index (χ4n) is 2.44. The summed E-state index contributed by atoms with van der Waals surface area (Å²) in [6, 6.07) is 1.26. The largest absolute Gasteiger partial charge is 0.362 e. The van der Waals surface area contributed by atoms with Gasteiger partial charge in [0.2, 0.25) is 0 Å². The van der Waals surface area contributed by atoms with Crippen LogP contribution < -0.4 is 5.32 Å². The second-order valence-corrected chi connectivity index (χ2v) is 5.93. The van der Waals surface area contributed by atoms with E-state index in [1.807, 2.05) is 11.8 Å². The van der Waals surface area contributed by atoms with E-state index in [1.54, 1.807) is 0 Å². The Hall–Kier alpha value is -0.180. The predicted octanol–water partition coefficient (Wildman–Crippen LogP) is 3.04. The second kappa shape index (κ2) is 5.24. The molecule has 3 atom stereocenters. The van der Waals surface area contributed by atoms with E-state index in [0.29, 0.717) is 12.1 Å². The Kier molecular flexibility index (Phi) is 3.95. The third-order valence-corrected chi connectivity index (χ3v) is 4.50. The van der Waals surface area contributed by atoms with Crippen LogP contribution in [0.15, 0.2) is 4.99 Å². The van der Waals surface area contributed by atoms with Crippen molar-refractivity contribution in [1.29, 1.82) is 0 Å². The molecule has 2 aliphatic rings. The molecule has 1 aliphatic carbocycles. The van der Waals surface area contributed by atoms with Crippen molar-refractivity contribution in [1.82, 2.24) is 5.32 Å². The SMILES string of the molecule is CCC1CSC(NC2CCCC(C)C2)=N1. The van der Waals surface area contributed by atoms with Crippen molar-refractivity contribution in [3.8, 4) is 0 Å². The number of hydrogen-bond donors (Lipinski definition) is 1. The zero-order valence-corrected chi connectivity index (χ0v) is 10.6. The summed E-state index contributed by atoms with van der Waals surface area (Å²) in [6.07, 6.45) is 6.64. The number of thioether (sulfide) groups is 1. The van der Waals surface area contributed by atoms with E-state index in [-0.39, 0.29) is 0 Å². The highest BCUT2D eigenvalue weighted by atomic mass is 32.2. The molecule has 2 nitrogen and oxygen atoms in total. The molecule has 86 valence electrons. The van der Waals surface area contributed by atoms with Crippen LogP contribution in [-0.2, 0) is 0 Å². The number of aliphatic imine (C=N–C) groups is 1. The molecule has 0 aromatic rings. The Morgan fingerprint density at radius 2 is 2.33 bits per heavy atom. The van der Waals surface area contributed by atoms with Crippen LogP contribution in [0.3, 0.4) is 0 Å². The molecule has 0 saturated heterocycles. The van der Waals surface area contributed by atoms with Crippen LogP contribution >= 0.6 is 11.8 Å². The lowest BCUT2D eigenvalue weighted by Crippen LogP contribution is -2.36. The molecule has 2 rings (SSSR count). The molecule has 3 heteroatoms. The van der Waals surface area contributed by atoms with Crippen molar-refractivity contribution in [2.24, 2.45) is 10.9 Å². The van der Waals surface area contributed by atoms with Gasteiger partial charge in [0.15, 0.2) is 5.17 Å². The zero-order valence-electron chi connectivity index (χ0n) is 9.83. The molecular formula is C12H22N2S. The maximum Gasteiger partial charge on any atom is 0.157 e. The number of nitrogens with zero attached hydrogens (tertiary/aromatic N) is 1. The molecule has 3 unspecified atom stereocenters. The fraction of sp³-hybridized carbons (Fsp3) is 0.917. The summed E-state index contributed by atoms with van der Waals surface area (Å²) in [5.74, 6) is 2.08. The number of nitrogens with one attached hydrogen (secondary N) is 1. The van der Waals surface area contributed by atoms with Crippen LogP contribution in [0.1, 0.15) is 46.0 Å². The van der Waals surface area contributed by atoms with Gasteiger partial charge in [0, 0.05) is 11.8 Å². The van der Waals surface area contributed by atoms with E-state index in [2.05, 4.69) is 19.2 Å². The molecule has 0 amide bonds. The minimum atomic E-state index is 0.568. The normalized spacial score (nSPS) is 36.4. The van der Waals surface area contributed by atoms with Crippen molar-refractivity contribution in [3.05, 3.63) is 0 Å². The van der Waals surface area contributed by atoms with Crippen molar-refractivity contribution >= 4 is 16.9 Å². The van der Waals surface area contributed by atoms with Gasteiger partial charge in [0.25, 0.3) is 0 Å². The van der Waals surface area contributed by atoms with Crippen LogP contribution in [-0.4, -0.2) is 23.0 Å². The number of hydrogen-bond acceptors (Lipinski definition) is 3. The highest BCUT2D eigenvalue weighted by molar-refractivity contribution is 8.14. The van der Waals surface area contributed by atoms with E-state index in [1.165, 1.54) is 43.0 Å². The summed E-state index contributed by atoms with van der Waals surface area (Å²) in [5.41, 5.74) is 0. The van der Waals surface area contributed by atoms with Crippen molar-refractivity contribution in [2.75, 3.05) is 5.75 Å². The first-order valence-corrected chi connectivity index (χ1v) is 7.23. The lowest BCUT2D eigenvalue weighted by molar-refractivity contribution is 0.327. The summed E-state index contributed by atoms with van der Waals surface area (Å²) in [5, 5.41) is 4.83. The van der Waals surface area contributed by atoms with Gasteiger partial charge in [0.1, 0.15) is 0 Å². The van der Waals surface area contributed by atoms with Crippen molar-refractivity contribution in [3.63, 3.8) is 0 Å². The average Bonchev–Trinajstić information content (AvgIpc) is 2.65. The lowest BCUT2D eigenvalue weighted by Gasteiger charge is -2.27. The van der Waals surface area contributed by atoms with Gasteiger partial charge in [-0.25, -0.2) is 0 Å². The van der Waals surface area contributed by atoms with Gasteiger partial charge in [-0.05, 0) is 25.2 Å². The first kappa shape index (κ1) is 11.3. The summed E-state index contributed by atoms with van der Waals surface area (Å²) in [6.45, 7) is 4.59. The zero-order chi connectivity index (χ0) is 10.7. The van der Waals surface area contributed by atoms with Gasteiger partial charge in [-0.2, -0.15) is 0 Å². The van der Waals surface area contributed by atoms with Gasteiger partial charge in [-0.15, -0.1) is 0 Å². The monoisotopic (exact) mass is 226 g/mol. The van der Waals surface area contributed by atoms with E-state index < -0.39 is 0 Å². The van der Waals surface area contributed by atoms with Crippen molar-refractivity contribution < 1.29 is 0 Å². The lowest BCUT2D eigenvalue weighted by atomic mass is 9.87. The summed E-state index contributed by atoms with van der Waals surface area (Å²) in [4.78, 5) is 4.69. The molecule has 1 saturated carbocycles. The molecule has 1 aliphatic heterocycles. The maximum absolute atomic E-state index is 4.69. The Balaban J connectivity index is 1.81. The predicted molar refractivity (Wildman–Crippen MR) is 68.5 cm³/mol. The van der Waals surface area contributed by atoms with Crippen LogP contribution in [0.2, 0.25) is 0 Å². The maximum atomic E-state index is 4.69. The molecule has 0 aromatic carbocycles. The molecule has 0 spiro atoms. The summed E-state index contributed by atoms with van der Waals surface area (Å²) >= 11 is 1.91. The number of rotatable bonds is 2. The van der Waals surface area contributed by atoms with Crippen molar-refractivity contribution in [2.45, 2.75) is 58.0 Å². The summed E-state index contributed by atoms with van der Waals surface area (Å²) < 4.78 is 0. The first-order chi connectivity index (χ1) is 7.28.